The summed E-state index contributed by atoms with van der Waals surface area (Å²) < 4.78 is 11.6. The second kappa shape index (κ2) is 11.5. The fourth-order valence-corrected chi connectivity index (χ4v) is 2.18. The molecule has 26 heavy (non-hydrogen) atoms. The topological polar surface area (TPSA) is 43.4 Å². The molecule has 1 aromatic heterocycles. The minimum absolute atomic E-state index is 0. The molecule has 2 aromatic rings. The van der Waals surface area contributed by atoms with E-state index in [4.69, 9.17) is 21.1 Å². The number of benzene rings is 1. The SMILES string of the molecule is CCOc1cc(CNC(C)(C)C)ccc1OCc1ccc(Cl)nc1.Cl.Cl. The van der Waals surface area contributed by atoms with Crippen molar-refractivity contribution in [1.82, 2.24) is 10.3 Å². The summed E-state index contributed by atoms with van der Waals surface area (Å²) in [5, 5.41) is 3.95. The van der Waals surface area contributed by atoms with E-state index in [1.807, 2.05) is 25.1 Å². The maximum atomic E-state index is 5.89. The predicted molar refractivity (Wildman–Crippen MR) is 112 cm³/mol. The maximum absolute atomic E-state index is 5.89. The van der Waals surface area contributed by atoms with E-state index in [0.717, 1.165) is 29.2 Å². The van der Waals surface area contributed by atoms with E-state index in [2.05, 4.69) is 37.1 Å². The summed E-state index contributed by atoms with van der Waals surface area (Å²) in [5.41, 5.74) is 2.19. The number of nitrogens with zero attached hydrogens (tertiary/aromatic N) is 1. The van der Waals surface area contributed by atoms with Gasteiger partial charge in [-0.25, -0.2) is 4.98 Å². The van der Waals surface area contributed by atoms with Crippen LogP contribution in [-0.2, 0) is 13.2 Å². The largest absolute Gasteiger partial charge is 0.490 e. The third-order valence-corrected chi connectivity index (χ3v) is 3.54. The third-order valence-electron chi connectivity index (χ3n) is 3.31. The summed E-state index contributed by atoms with van der Waals surface area (Å²) in [5.74, 6) is 1.49. The molecule has 0 spiro atoms. The molecule has 146 valence electrons. The summed E-state index contributed by atoms with van der Waals surface area (Å²) in [6.07, 6.45) is 1.71. The first-order valence-electron chi connectivity index (χ1n) is 8.11. The van der Waals surface area contributed by atoms with Crippen molar-refractivity contribution in [2.24, 2.45) is 0 Å². The van der Waals surface area contributed by atoms with Crippen molar-refractivity contribution in [3.63, 3.8) is 0 Å². The summed E-state index contributed by atoms with van der Waals surface area (Å²) in [4.78, 5) is 4.06. The number of halogens is 3. The van der Waals surface area contributed by atoms with E-state index in [1.54, 1.807) is 12.3 Å². The van der Waals surface area contributed by atoms with Gasteiger partial charge in [0.15, 0.2) is 11.5 Å². The highest BCUT2D eigenvalue weighted by Gasteiger charge is 2.11. The highest BCUT2D eigenvalue weighted by molar-refractivity contribution is 6.29. The number of nitrogens with one attached hydrogen (secondary N) is 1. The highest BCUT2D eigenvalue weighted by atomic mass is 35.5. The van der Waals surface area contributed by atoms with Crippen LogP contribution in [-0.4, -0.2) is 17.1 Å². The zero-order valence-corrected chi connectivity index (χ0v) is 17.9. The fraction of sp³-hybridized carbons (Fsp3) is 0.421. The molecular weight excluding hydrogens is 395 g/mol. The Labute approximate surface area is 173 Å². The van der Waals surface area contributed by atoms with Gasteiger partial charge in [-0.2, -0.15) is 0 Å². The van der Waals surface area contributed by atoms with Gasteiger partial charge in [0.05, 0.1) is 6.61 Å². The second-order valence-electron chi connectivity index (χ2n) is 6.60. The molecule has 1 aromatic carbocycles. The lowest BCUT2D eigenvalue weighted by atomic mass is 10.1. The molecule has 0 saturated heterocycles. The van der Waals surface area contributed by atoms with Crippen LogP contribution < -0.4 is 14.8 Å². The van der Waals surface area contributed by atoms with Crippen LogP contribution >= 0.6 is 36.4 Å². The van der Waals surface area contributed by atoms with Crippen molar-refractivity contribution in [3.05, 3.63) is 52.8 Å². The molecule has 0 saturated carbocycles. The number of rotatable bonds is 7. The Balaban J connectivity index is 0.00000312. The van der Waals surface area contributed by atoms with Crippen LogP contribution in [0.3, 0.4) is 0 Å². The Hall–Kier alpha value is -1.20. The quantitative estimate of drug-likeness (QED) is 0.604. The van der Waals surface area contributed by atoms with Crippen LogP contribution in [0.2, 0.25) is 5.15 Å². The normalized spacial score (nSPS) is 10.5. The highest BCUT2D eigenvalue weighted by Crippen LogP contribution is 2.29. The van der Waals surface area contributed by atoms with Crippen molar-refractivity contribution >= 4 is 36.4 Å². The van der Waals surface area contributed by atoms with Crippen LogP contribution in [0, 0.1) is 0 Å². The van der Waals surface area contributed by atoms with Gasteiger partial charge in [-0.3, -0.25) is 0 Å². The van der Waals surface area contributed by atoms with Gasteiger partial charge in [0.2, 0.25) is 0 Å². The van der Waals surface area contributed by atoms with Crippen molar-refractivity contribution in [2.75, 3.05) is 6.61 Å². The van der Waals surface area contributed by atoms with Crippen LogP contribution in [0.5, 0.6) is 11.5 Å². The maximum Gasteiger partial charge on any atom is 0.161 e. The molecule has 0 aliphatic heterocycles. The lowest BCUT2D eigenvalue weighted by molar-refractivity contribution is 0.268. The van der Waals surface area contributed by atoms with Gasteiger partial charge >= 0.3 is 0 Å². The zero-order valence-electron chi connectivity index (χ0n) is 15.5. The summed E-state index contributed by atoms with van der Waals surface area (Å²) in [6.45, 7) is 10.2. The standard InChI is InChI=1S/C19H25ClN2O2.2ClH/c1-5-23-17-10-14(12-22-19(2,3)4)6-8-16(17)24-13-15-7-9-18(20)21-11-15;;/h6-11,22H,5,12-13H2,1-4H3;2*1H. The molecule has 1 heterocycles. The zero-order chi connectivity index (χ0) is 17.6. The smallest absolute Gasteiger partial charge is 0.161 e. The average Bonchev–Trinajstić information content (AvgIpc) is 2.53. The molecule has 0 radical (unpaired) electrons. The van der Waals surface area contributed by atoms with Crippen LogP contribution in [0.25, 0.3) is 0 Å². The van der Waals surface area contributed by atoms with Crippen LogP contribution in [0.4, 0.5) is 0 Å². The predicted octanol–water partition coefficient (Wildman–Crippen LogP) is 5.44. The fourth-order valence-electron chi connectivity index (χ4n) is 2.07. The molecule has 2 rings (SSSR count). The second-order valence-corrected chi connectivity index (χ2v) is 6.98. The van der Waals surface area contributed by atoms with E-state index in [1.165, 1.54) is 0 Å². The van der Waals surface area contributed by atoms with Gasteiger partial charge < -0.3 is 14.8 Å². The van der Waals surface area contributed by atoms with Crippen LogP contribution in [0.15, 0.2) is 36.5 Å². The van der Waals surface area contributed by atoms with Crippen molar-refractivity contribution in [2.45, 2.75) is 46.4 Å². The molecule has 7 heteroatoms. The third kappa shape index (κ3) is 8.45. The molecule has 0 amide bonds. The van der Waals surface area contributed by atoms with Crippen molar-refractivity contribution in [1.29, 1.82) is 0 Å². The first-order valence-corrected chi connectivity index (χ1v) is 8.49. The first-order chi connectivity index (χ1) is 11.4. The van der Waals surface area contributed by atoms with E-state index in [9.17, 15) is 0 Å². The summed E-state index contributed by atoms with van der Waals surface area (Å²) in [6, 6.07) is 9.69. The lowest BCUT2D eigenvalue weighted by Crippen LogP contribution is -2.35. The molecule has 0 fully saturated rings. The van der Waals surface area contributed by atoms with Crippen LogP contribution in [0.1, 0.15) is 38.8 Å². The number of aromatic nitrogens is 1. The van der Waals surface area contributed by atoms with Gasteiger partial charge in [0, 0.05) is 23.8 Å². The van der Waals surface area contributed by atoms with Gasteiger partial charge in [0.1, 0.15) is 11.8 Å². The van der Waals surface area contributed by atoms with Gasteiger partial charge in [-0.05, 0) is 51.5 Å². The van der Waals surface area contributed by atoms with E-state index in [-0.39, 0.29) is 30.4 Å². The number of hydrogen-bond donors (Lipinski definition) is 1. The molecule has 0 bridgehead atoms. The van der Waals surface area contributed by atoms with E-state index in [0.29, 0.717) is 18.4 Å². The molecule has 0 aliphatic carbocycles. The Morgan fingerprint density at radius 2 is 1.69 bits per heavy atom. The summed E-state index contributed by atoms with van der Waals surface area (Å²) >= 11 is 5.80. The minimum Gasteiger partial charge on any atom is -0.490 e. The van der Waals surface area contributed by atoms with E-state index < -0.39 is 0 Å². The number of pyridine rings is 1. The van der Waals surface area contributed by atoms with Gasteiger partial charge in [-0.15, -0.1) is 24.8 Å². The molecule has 0 aliphatic rings. The molecule has 1 N–H and O–H groups in total. The average molecular weight is 422 g/mol. The molecule has 0 unspecified atom stereocenters. The summed E-state index contributed by atoms with van der Waals surface area (Å²) in [7, 11) is 0. The Bertz CT molecular complexity index is 659. The Kier molecular flexibility index (Phi) is 11.0. The minimum atomic E-state index is 0. The van der Waals surface area contributed by atoms with Crippen molar-refractivity contribution < 1.29 is 9.47 Å². The lowest BCUT2D eigenvalue weighted by Gasteiger charge is -2.21. The first kappa shape index (κ1) is 24.8. The van der Waals surface area contributed by atoms with E-state index >= 15 is 0 Å². The molecule has 4 nitrogen and oxygen atoms in total. The molecular formula is C19H27Cl3N2O2. The van der Waals surface area contributed by atoms with Gasteiger partial charge in [-0.1, -0.05) is 23.7 Å². The Morgan fingerprint density at radius 1 is 1.00 bits per heavy atom. The number of ether oxygens (including phenoxy) is 2. The number of hydrogen-bond acceptors (Lipinski definition) is 4. The monoisotopic (exact) mass is 420 g/mol. The Morgan fingerprint density at radius 3 is 2.27 bits per heavy atom. The van der Waals surface area contributed by atoms with Crippen molar-refractivity contribution in [3.8, 4) is 11.5 Å². The van der Waals surface area contributed by atoms with Gasteiger partial charge in [0.25, 0.3) is 0 Å². The molecule has 0 atom stereocenters.